The molecule has 0 saturated carbocycles. The number of benzene rings is 2. The molecule has 2 heterocycles. The van der Waals surface area contributed by atoms with E-state index in [2.05, 4.69) is 0 Å². The molecule has 0 aliphatic rings. The van der Waals surface area contributed by atoms with Crippen LogP contribution in [0.25, 0.3) is 32.7 Å². The first kappa shape index (κ1) is 28.2. The molecule has 0 saturated heterocycles. The number of hydrogen-bond acceptors (Lipinski definition) is 7. The van der Waals surface area contributed by atoms with Gasteiger partial charge in [-0.1, -0.05) is 49.5 Å². The number of nitrogens with zero attached hydrogens (tertiary/aromatic N) is 3. The fraction of sp³-hybridized carbons (Fsp3) is 0.269. The van der Waals surface area contributed by atoms with Gasteiger partial charge in [0, 0.05) is 29.9 Å². The summed E-state index contributed by atoms with van der Waals surface area (Å²) >= 11 is 1.48. The summed E-state index contributed by atoms with van der Waals surface area (Å²) in [4.78, 5) is 15.4. The van der Waals surface area contributed by atoms with Crippen molar-refractivity contribution in [2.45, 2.75) is 44.8 Å². The standard InChI is InChI=1S/C26H26FN3O4S.Na/c1-15(2)24-20(12-11-18(31)13-19(32)14-23(33)34)25(16-7-9-17(27)10-8-16)30(29-24)26-28-21-5-3-4-6-22(21)35-26;/h3-12,15,18-19,31-32H,13-14H2,1-2H3,(H,33,34);/q;+1/p-1/b12-11+;/t18-,19-;/m1./s1. The maximum atomic E-state index is 13.7. The Hall–Kier alpha value is -2.40. The van der Waals surface area contributed by atoms with Crippen molar-refractivity contribution >= 4 is 33.6 Å². The molecule has 2 N–H and O–H groups in total. The zero-order valence-electron chi connectivity index (χ0n) is 20.3. The average Bonchev–Trinajstić information content (AvgIpc) is 3.39. The predicted octanol–water partition coefficient (Wildman–Crippen LogP) is 0.681. The van der Waals surface area contributed by atoms with Crippen LogP contribution in [0.3, 0.4) is 0 Å². The van der Waals surface area contributed by atoms with Crippen LogP contribution >= 0.6 is 11.3 Å². The van der Waals surface area contributed by atoms with E-state index in [-0.39, 0.29) is 47.7 Å². The van der Waals surface area contributed by atoms with Crippen molar-refractivity contribution < 1.29 is 54.1 Å². The molecule has 0 fully saturated rings. The van der Waals surface area contributed by atoms with Crippen LogP contribution in [-0.2, 0) is 4.79 Å². The molecule has 4 rings (SSSR count). The Kier molecular flexibility index (Phi) is 9.57. The second-order valence-corrected chi connectivity index (χ2v) is 9.59. The van der Waals surface area contributed by atoms with E-state index in [1.165, 1.54) is 29.5 Å². The van der Waals surface area contributed by atoms with Gasteiger partial charge in [0.25, 0.3) is 0 Å². The smallest absolute Gasteiger partial charge is 0.550 e. The monoisotopic (exact) mass is 517 g/mol. The van der Waals surface area contributed by atoms with Gasteiger partial charge < -0.3 is 20.1 Å². The van der Waals surface area contributed by atoms with Gasteiger partial charge in [0.2, 0.25) is 5.13 Å². The van der Waals surface area contributed by atoms with E-state index in [0.717, 1.165) is 27.0 Å². The minimum absolute atomic E-state index is 0. The molecular formula is C26H25FN3NaO4S. The quantitative estimate of drug-likeness (QED) is 0.316. The number of aliphatic hydroxyl groups excluding tert-OH is 2. The maximum Gasteiger partial charge on any atom is 1.00 e. The van der Waals surface area contributed by atoms with E-state index in [4.69, 9.17) is 10.1 Å². The van der Waals surface area contributed by atoms with Crippen molar-refractivity contribution in [1.82, 2.24) is 14.8 Å². The third-order valence-corrected chi connectivity index (χ3v) is 6.49. The van der Waals surface area contributed by atoms with Crippen LogP contribution < -0.4 is 34.7 Å². The van der Waals surface area contributed by atoms with Crippen LogP contribution in [-0.4, -0.2) is 43.2 Å². The summed E-state index contributed by atoms with van der Waals surface area (Å²) in [6.45, 7) is 3.99. The number of halogens is 1. The summed E-state index contributed by atoms with van der Waals surface area (Å²) in [6, 6.07) is 13.8. The number of aromatic nitrogens is 3. The molecule has 4 aromatic rings. The third kappa shape index (κ3) is 6.47. The Morgan fingerprint density at radius 2 is 1.86 bits per heavy atom. The molecule has 0 unspecified atom stereocenters. The number of carboxylic acids is 1. The van der Waals surface area contributed by atoms with Gasteiger partial charge in [0.05, 0.1) is 33.8 Å². The molecule has 0 aliphatic carbocycles. The minimum Gasteiger partial charge on any atom is -0.550 e. The number of carboxylic acid groups (broad SMARTS) is 1. The number of rotatable bonds is 9. The molecule has 7 nitrogen and oxygen atoms in total. The van der Waals surface area contributed by atoms with Gasteiger partial charge in [-0.25, -0.2) is 14.1 Å². The largest absolute Gasteiger partial charge is 1.00 e. The molecule has 0 amide bonds. The van der Waals surface area contributed by atoms with Crippen molar-refractivity contribution in [3.05, 3.63) is 71.7 Å². The number of thiazole rings is 1. The predicted molar refractivity (Wildman–Crippen MR) is 132 cm³/mol. The van der Waals surface area contributed by atoms with E-state index in [9.17, 15) is 24.5 Å². The molecule has 36 heavy (non-hydrogen) atoms. The Labute approximate surface area is 234 Å². The summed E-state index contributed by atoms with van der Waals surface area (Å²) in [5.41, 5.74) is 3.72. The number of aliphatic hydroxyl groups is 2. The Morgan fingerprint density at radius 1 is 1.17 bits per heavy atom. The van der Waals surface area contributed by atoms with Gasteiger partial charge in [-0.2, -0.15) is 5.10 Å². The summed E-state index contributed by atoms with van der Waals surface area (Å²) in [6.07, 6.45) is 0.179. The maximum absolute atomic E-state index is 13.7. The van der Waals surface area contributed by atoms with Crippen molar-refractivity contribution in [2.75, 3.05) is 0 Å². The molecule has 0 radical (unpaired) electrons. The van der Waals surface area contributed by atoms with Crippen LogP contribution in [0, 0.1) is 5.82 Å². The zero-order valence-corrected chi connectivity index (χ0v) is 23.1. The fourth-order valence-electron chi connectivity index (χ4n) is 3.85. The van der Waals surface area contributed by atoms with Crippen LogP contribution in [0.4, 0.5) is 4.39 Å². The fourth-order valence-corrected chi connectivity index (χ4v) is 4.78. The molecule has 2 aromatic heterocycles. The van der Waals surface area contributed by atoms with Crippen molar-refractivity contribution in [1.29, 1.82) is 0 Å². The first-order chi connectivity index (χ1) is 16.7. The SMILES string of the molecule is CC(C)c1nn(-c2nc3ccccc3s2)c(-c2ccc(F)cc2)c1/C=C/[C@@H](O)C[C@@H](O)CC(=O)[O-].[Na+]. The average molecular weight is 518 g/mol. The summed E-state index contributed by atoms with van der Waals surface area (Å²) in [5.74, 6) is -1.73. The topological polar surface area (TPSA) is 111 Å². The van der Waals surface area contributed by atoms with Gasteiger partial charge in [-0.3, -0.25) is 0 Å². The number of aliphatic carboxylic acids is 1. The van der Waals surface area contributed by atoms with Crippen molar-refractivity contribution in [2.24, 2.45) is 0 Å². The van der Waals surface area contributed by atoms with Crippen LogP contribution in [0.15, 0.2) is 54.6 Å². The van der Waals surface area contributed by atoms with E-state index < -0.39 is 24.6 Å². The number of para-hydroxylation sites is 1. The Bertz CT molecular complexity index is 1330. The Morgan fingerprint density at radius 3 is 2.50 bits per heavy atom. The normalized spacial score (nSPS) is 13.3. The van der Waals surface area contributed by atoms with Crippen LogP contribution in [0.5, 0.6) is 0 Å². The molecule has 0 spiro atoms. The van der Waals surface area contributed by atoms with Crippen molar-refractivity contribution in [3.63, 3.8) is 0 Å². The van der Waals surface area contributed by atoms with Crippen LogP contribution in [0.2, 0.25) is 0 Å². The first-order valence-corrected chi connectivity index (χ1v) is 12.0. The second-order valence-electron chi connectivity index (χ2n) is 8.58. The molecule has 2 aromatic carbocycles. The van der Waals surface area contributed by atoms with E-state index in [1.54, 1.807) is 22.9 Å². The third-order valence-electron chi connectivity index (χ3n) is 5.48. The zero-order chi connectivity index (χ0) is 25.1. The molecule has 10 heteroatoms. The molecule has 2 atom stereocenters. The van der Waals surface area contributed by atoms with Crippen molar-refractivity contribution in [3.8, 4) is 16.4 Å². The summed E-state index contributed by atoms with van der Waals surface area (Å²) in [7, 11) is 0. The second kappa shape index (κ2) is 12.2. The number of fused-ring (bicyclic) bond motifs is 1. The summed E-state index contributed by atoms with van der Waals surface area (Å²) < 4.78 is 16.5. The number of hydrogen-bond donors (Lipinski definition) is 2. The van der Waals surface area contributed by atoms with Gasteiger partial charge in [-0.15, -0.1) is 0 Å². The molecule has 0 bridgehead atoms. The van der Waals surface area contributed by atoms with E-state index in [0.29, 0.717) is 10.8 Å². The summed E-state index contributed by atoms with van der Waals surface area (Å²) in [5, 5.41) is 36.4. The van der Waals surface area contributed by atoms with Crippen LogP contribution in [0.1, 0.15) is 43.9 Å². The van der Waals surface area contributed by atoms with Gasteiger partial charge in [0.1, 0.15) is 5.82 Å². The van der Waals surface area contributed by atoms with E-state index >= 15 is 0 Å². The number of carbonyl (C=O) groups is 1. The number of carbonyl (C=O) groups excluding carboxylic acids is 1. The Balaban J connectivity index is 0.00000361. The van der Waals surface area contributed by atoms with Gasteiger partial charge >= 0.3 is 29.6 Å². The van der Waals surface area contributed by atoms with E-state index in [1.807, 2.05) is 38.1 Å². The first-order valence-electron chi connectivity index (χ1n) is 11.2. The van der Waals surface area contributed by atoms with Gasteiger partial charge in [-0.05, 0) is 42.3 Å². The molecular weight excluding hydrogens is 492 g/mol. The minimum atomic E-state index is -1.38. The molecule has 0 aliphatic heterocycles. The van der Waals surface area contributed by atoms with Gasteiger partial charge in [0.15, 0.2) is 0 Å². The molecule has 182 valence electrons.